The number of aromatic nitrogens is 2. The van der Waals surface area contributed by atoms with Crippen LogP contribution in [0.3, 0.4) is 0 Å². The molecule has 0 unspecified atom stereocenters. The van der Waals surface area contributed by atoms with E-state index in [0.29, 0.717) is 28.5 Å². The van der Waals surface area contributed by atoms with E-state index in [2.05, 4.69) is 15.3 Å². The molecule has 5 nitrogen and oxygen atoms in total. The van der Waals surface area contributed by atoms with Gasteiger partial charge in [0.25, 0.3) is 0 Å². The fourth-order valence-corrected chi connectivity index (χ4v) is 2.19. The van der Waals surface area contributed by atoms with Crippen LogP contribution in [0.15, 0.2) is 42.7 Å². The SMILES string of the molecule is COc1cc2ncnc(Nc3cccc(F)c3)c2cc1OC.Cl. The second kappa shape index (κ2) is 7.11. The molecule has 3 aromatic rings. The number of methoxy groups -OCH3 is 2. The summed E-state index contributed by atoms with van der Waals surface area (Å²) in [6, 6.07) is 9.73. The van der Waals surface area contributed by atoms with Crippen LogP contribution >= 0.6 is 12.4 Å². The van der Waals surface area contributed by atoms with Gasteiger partial charge in [-0.1, -0.05) is 6.07 Å². The van der Waals surface area contributed by atoms with Crippen molar-refractivity contribution in [3.63, 3.8) is 0 Å². The maximum atomic E-state index is 13.3. The lowest BCUT2D eigenvalue weighted by atomic mass is 10.2. The predicted octanol–water partition coefficient (Wildman–Crippen LogP) is 3.95. The first-order chi connectivity index (χ1) is 10.7. The molecule has 0 atom stereocenters. The van der Waals surface area contributed by atoms with Crippen molar-refractivity contribution < 1.29 is 13.9 Å². The summed E-state index contributed by atoms with van der Waals surface area (Å²) in [5, 5.41) is 3.84. The first kappa shape index (κ1) is 16.8. The standard InChI is InChI=1S/C16H14FN3O2.ClH/c1-21-14-7-12-13(8-15(14)22-2)18-9-19-16(12)20-11-5-3-4-10(17)6-11;/h3-9H,1-2H3,(H,18,19,20);1H. The molecule has 0 aliphatic heterocycles. The van der Waals surface area contributed by atoms with E-state index >= 15 is 0 Å². The Kier molecular flexibility index (Phi) is 5.18. The van der Waals surface area contributed by atoms with Crippen LogP contribution in [0.2, 0.25) is 0 Å². The maximum Gasteiger partial charge on any atom is 0.162 e. The van der Waals surface area contributed by atoms with E-state index in [9.17, 15) is 4.39 Å². The normalized spacial score (nSPS) is 10.0. The number of fused-ring (bicyclic) bond motifs is 1. The Morgan fingerprint density at radius 3 is 2.43 bits per heavy atom. The van der Waals surface area contributed by atoms with Gasteiger partial charge < -0.3 is 14.8 Å². The lowest BCUT2D eigenvalue weighted by Gasteiger charge is -2.12. The van der Waals surface area contributed by atoms with Gasteiger partial charge in [0, 0.05) is 17.1 Å². The Balaban J connectivity index is 0.00000192. The lowest BCUT2D eigenvalue weighted by Crippen LogP contribution is -1.98. The van der Waals surface area contributed by atoms with Gasteiger partial charge in [-0.05, 0) is 24.3 Å². The molecule has 3 rings (SSSR count). The van der Waals surface area contributed by atoms with E-state index in [1.165, 1.54) is 18.5 Å². The van der Waals surface area contributed by atoms with Crippen LogP contribution < -0.4 is 14.8 Å². The largest absolute Gasteiger partial charge is 0.493 e. The fourth-order valence-electron chi connectivity index (χ4n) is 2.19. The summed E-state index contributed by atoms with van der Waals surface area (Å²) in [4.78, 5) is 8.45. The van der Waals surface area contributed by atoms with E-state index in [1.54, 1.807) is 38.5 Å². The molecule has 0 bridgehead atoms. The van der Waals surface area contributed by atoms with Gasteiger partial charge in [-0.25, -0.2) is 14.4 Å². The highest BCUT2D eigenvalue weighted by Gasteiger charge is 2.11. The van der Waals surface area contributed by atoms with Crippen LogP contribution in [0.25, 0.3) is 10.9 Å². The Hall–Kier alpha value is -2.60. The summed E-state index contributed by atoms with van der Waals surface area (Å²) in [5.41, 5.74) is 1.31. The van der Waals surface area contributed by atoms with Gasteiger partial charge in [-0.15, -0.1) is 12.4 Å². The second-order valence-corrected chi connectivity index (χ2v) is 4.58. The van der Waals surface area contributed by atoms with E-state index in [4.69, 9.17) is 9.47 Å². The summed E-state index contributed by atoms with van der Waals surface area (Å²) >= 11 is 0. The van der Waals surface area contributed by atoms with E-state index in [0.717, 1.165) is 5.39 Å². The molecule has 7 heteroatoms. The Morgan fingerprint density at radius 1 is 1.00 bits per heavy atom. The molecule has 0 aliphatic rings. The van der Waals surface area contributed by atoms with Crippen LogP contribution in [0.4, 0.5) is 15.9 Å². The average molecular weight is 336 g/mol. The Bertz CT molecular complexity index is 830. The van der Waals surface area contributed by atoms with Crippen LogP contribution in [-0.2, 0) is 0 Å². The van der Waals surface area contributed by atoms with Crippen molar-refractivity contribution in [1.29, 1.82) is 0 Å². The number of benzene rings is 2. The zero-order chi connectivity index (χ0) is 15.5. The summed E-state index contributed by atoms with van der Waals surface area (Å²) in [6.07, 6.45) is 1.44. The molecule has 1 N–H and O–H groups in total. The predicted molar refractivity (Wildman–Crippen MR) is 89.6 cm³/mol. The number of ether oxygens (including phenoxy) is 2. The summed E-state index contributed by atoms with van der Waals surface area (Å²) in [5.74, 6) is 1.41. The number of nitrogens with zero attached hydrogens (tertiary/aromatic N) is 2. The summed E-state index contributed by atoms with van der Waals surface area (Å²) in [7, 11) is 3.13. The van der Waals surface area contributed by atoms with Crippen LogP contribution in [0.5, 0.6) is 11.5 Å². The molecule has 0 radical (unpaired) electrons. The molecule has 1 heterocycles. The highest BCUT2D eigenvalue weighted by atomic mass is 35.5. The van der Waals surface area contributed by atoms with Crippen molar-refractivity contribution in [2.75, 3.05) is 19.5 Å². The molecule has 0 amide bonds. The van der Waals surface area contributed by atoms with Crippen LogP contribution in [0, 0.1) is 5.82 Å². The van der Waals surface area contributed by atoms with E-state index < -0.39 is 0 Å². The highest BCUT2D eigenvalue weighted by Crippen LogP contribution is 2.34. The summed E-state index contributed by atoms with van der Waals surface area (Å²) in [6.45, 7) is 0. The van der Waals surface area contributed by atoms with Crippen LogP contribution in [-0.4, -0.2) is 24.2 Å². The number of hydrogen-bond acceptors (Lipinski definition) is 5. The van der Waals surface area contributed by atoms with Gasteiger partial charge in [-0.2, -0.15) is 0 Å². The topological polar surface area (TPSA) is 56.3 Å². The fraction of sp³-hybridized carbons (Fsp3) is 0.125. The van der Waals surface area contributed by atoms with Crippen molar-refractivity contribution in [1.82, 2.24) is 9.97 Å². The molecule has 2 aromatic carbocycles. The van der Waals surface area contributed by atoms with E-state index in [1.807, 2.05) is 0 Å². The van der Waals surface area contributed by atoms with Gasteiger partial charge >= 0.3 is 0 Å². The molecule has 23 heavy (non-hydrogen) atoms. The minimum atomic E-state index is -0.317. The number of anilines is 2. The van der Waals surface area contributed by atoms with Crippen molar-refractivity contribution in [3.05, 3.63) is 48.5 Å². The minimum absolute atomic E-state index is 0. The molecule has 1 aromatic heterocycles. The van der Waals surface area contributed by atoms with Gasteiger partial charge in [0.1, 0.15) is 18.0 Å². The van der Waals surface area contributed by atoms with Gasteiger partial charge in [0.05, 0.1) is 19.7 Å². The second-order valence-electron chi connectivity index (χ2n) is 4.58. The smallest absolute Gasteiger partial charge is 0.162 e. The zero-order valence-corrected chi connectivity index (χ0v) is 13.4. The molecule has 0 saturated carbocycles. The number of rotatable bonds is 4. The Labute approximate surface area is 138 Å². The van der Waals surface area contributed by atoms with Gasteiger partial charge in [-0.3, -0.25) is 0 Å². The third-order valence-corrected chi connectivity index (χ3v) is 3.23. The molecule has 120 valence electrons. The highest BCUT2D eigenvalue weighted by molar-refractivity contribution is 5.93. The Morgan fingerprint density at radius 2 is 1.74 bits per heavy atom. The maximum absolute atomic E-state index is 13.3. The summed E-state index contributed by atoms with van der Waals surface area (Å²) < 4.78 is 23.9. The zero-order valence-electron chi connectivity index (χ0n) is 12.5. The minimum Gasteiger partial charge on any atom is -0.493 e. The molecule has 0 aliphatic carbocycles. The van der Waals surface area contributed by atoms with Gasteiger partial charge in [0.2, 0.25) is 0 Å². The lowest BCUT2D eigenvalue weighted by molar-refractivity contribution is 0.356. The van der Waals surface area contributed by atoms with E-state index in [-0.39, 0.29) is 18.2 Å². The molecular weight excluding hydrogens is 321 g/mol. The van der Waals surface area contributed by atoms with Gasteiger partial charge in [0.15, 0.2) is 11.5 Å². The average Bonchev–Trinajstić information content (AvgIpc) is 2.54. The number of nitrogens with one attached hydrogen (secondary N) is 1. The monoisotopic (exact) mass is 335 g/mol. The molecule has 0 saturated heterocycles. The van der Waals surface area contributed by atoms with Crippen molar-refractivity contribution >= 4 is 34.8 Å². The van der Waals surface area contributed by atoms with Crippen LogP contribution in [0.1, 0.15) is 0 Å². The van der Waals surface area contributed by atoms with Crippen molar-refractivity contribution in [3.8, 4) is 11.5 Å². The third-order valence-electron chi connectivity index (χ3n) is 3.23. The van der Waals surface area contributed by atoms with Crippen molar-refractivity contribution in [2.45, 2.75) is 0 Å². The quantitative estimate of drug-likeness (QED) is 0.782. The molecular formula is C16H15ClFN3O2. The number of hydrogen-bond donors (Lipinski definition) is 1. The number of halogens is 2. The van der Waals surface area contributed by atoms with Crippen molar-refractivity contribution in [2.24, 2.45) is 0 Å². The molecule has 0 fully saturated rings. The first-order valence-electron chi connectivity index (χ1n) is 6.60. The molecule has 0 spiro atoms. The third kappa shape index (κ3) is 3.43. The first-order valence-corrected chi connectivity index (χ1v) is 6.60.